The molecule has 0 fully saturated rings. The largest absolute Gasteiger partial charge is 0.490 e. The van der Waals surface area contributed by atoms with Crippen LogP contribution in [0.15, 0.2) is 16.6 Å². The molecule has 2 nitrogen and oxygen atoms in total. The van der Waals surface area contributed by atoms with E-state index in [0.717, 1.165) is 23.2 Å². The lowest BCUT2D eigenvalue weighted by Crippen LogP contribution is -2.14. The van der Waals surface area contributed by atoms with Crippen molar-refractivity contribution in [3.8, 4) is 5.75 Å². The van der Waals surface area contributed by atoms with Crippen LogP contribution in [0.5, 0.6) is 5.75 Å². The van der Waals surface area contributed by atoms with E-state index in [1.54, 1.807) is 0 Å². The first kappa shape index (κ1) is 13.5. The zero-order valence-corrected chi connectivity index (χ0v) is 12.0. The summed E-state index contributed by atoms with van der Waals surface area (Å²) in [5.74, 6) is 1.02. The first-order chi connectivity index (χ1) is 7.58. The number of aryl methyl sites for hydroxylation is 1. The Hall–Kier alpha value is -0.540. The molecule has 0 saturated heterocycles. The molecule has 16 heavy (non-hydrogen) atoms. The van der Waals surface area contributed by atoms with Gasteiger partial charge in [0.25, 0.3) is 0 Å². The topological polar surface area (TPSA) is 21.3 Å². The van der Waals surface area contributed by atoms with Gasteiger partial charge in [0.1, 0.15) is 5.75 Å². The zero-order chi connectivity index (χ0) is 12.1. The second-order valence-corrected chi connectivity index (χ2v) is 4.99. The quantitative estimate of drug-likeness (QED) is 0.892. The summed E-state index contributed by atoms with van der Waals surface area (Å²) in [6.45, 7) is 7.15. The normalized spacial score (nSPS) is 12.6. The van der Waals surface area contributed by atoms with Gasteiger partial charge in [0.05, 0.1) is 6.10 Å². The van der Waals surface area contributed by atoms with Crippen molar-refractivity contribution >= 4 is 15.9 Å². The number of benzene rings is 1. The number of hydrogen-bond donors (Lipinski definition) is 1. The van der Waals surface area contributed by atoms with Gasteiger partial charge in [0.2, 0.25) is 0 Å². The lowest BCUT2D eigenvalue weighted by atomic mass is 10.1. The maximum absolute atomic E-state index is 5.97. The van der Waals surface area contributed by atoms with Gasteiger partial charge in [-0.05, 0) is 45.0 Å². The molecule has 0 aromatic heterocycles. The summed E-state index contributed by atoms with van der Waals surface area (Å²) in [7, 11) is 1.95. The first-order valence-corrected chi connectivity index (χ1v) is 6.48. The lowest BCUT2D eigenvalue weighted by Gasteiger charge is -2.18. The third-order valence-electron chi connectivity index (χ3n) is 2.58. The summed E-state index contributed by atoms with van der Waals surface area (Å²) in [5, 5.41) is 3.17. The molecule has 0 aliphatic carbocycles. The van der Waals surface area contributed by atoms with E-state index in [1.165, 1.54) is 11.1 Å². The molecular formula is C13H20BrNO. The average Bonchev–Trinajstić information content (AvgIpc) is 2.23. The number of rotatable bonds is 5. The molecule has 0 aliphatic heterocycles. The minimum absolute atomic E-state index is 0.260. The Morgan fingerprint density at radius 2 is 2.12 bits per heavy atom. The van der Waals surface area contributed by atoms with E-state index in [9.17, 15) is 0 Å². The van der Waals surface area contributed by atoms with Crippen LogP contribution in [0, 0.1) is 6.92 Å². The Kier molecular flexibility index (Phi) is 5.29. The van der Waals surface area contributed by atoms with Gasteiger partial charge in [-0.3, -0.25) is 0 Å². The minimum atomic E-state index is 0.260. The number of halogens is 1. The van der Waals surface area contributed by atoms with Crippen molar-refractivity contribution in [3.63, 3.8) is 0 Å². The molecule has 90 valence electrons. The molecular weight excluding hydrogens is 266 g/mol. The van der Waals surface area contributed by atoms with Crippen LogP contribution >= 0.6 is 15.9 Å². The molecule has 0 amide bonds. The predicted octanol–water partition coefficient (Wildman–Crippen LogP) is 3.65. The van der Waals surface area contributed by atoms with E-state index in [-0.39, 0.29) is 6.10 Å². The van der Waals surface area contributed by atoms with Crippen LogP contribution in [-0.2, 0) is 6.54 Å². The highest BCUT2D eigenvalue weighted by molar-refractivity contribution is 9.10. The van der Waals surface area contributed by atoms with Gasteiger partial charge in [-0.15, -0.1) is 0 Å². The standard InChI is InChI=1S/C13H20BrNO/c1-5-10(3)16-13-9(2)6-12(14)7-11(13)8-15-4/h6-7,10,15H,5,8H2,1-4H3. The van der Waals surface area contributed by atoms with E-state index >= 15 is 0 Å². The highest BCUT2D eigenvalue weighted by atomic mass is 79.9. The maximum Gasteiger partial charge on any atom is 0.127 e. The molecule has 1 N–H and O–H groups in total. The summed E-state index contributed by atoms with van der Waals surface area (Å²) in [6.07, 6.45) is 1.28. The smallest absolute Gasteiger partial charge is 0.127 e. The van der Waals surface area contributed by atoms with Crippen LogP contribution in [0.25, 0.3) is 0 Å². The highest BCUT2D eigenvalue weighted by Crippen LogP contribution is 2.29. The predicted molar refractivity (Wildman–Crippen MR) is 72.0 cm³/mol. The average molecular weight is 286 g/mol. The van der Waals surface area contributed by atoms with Crippen molar-refractivity contribution < 1.29 is 4.74 Å². The van der Waals surface area contributed by atoms with Crippen molar-refractivity contribution in [1.29, 1.82) is 0 Å². The van der Waals surface area contributed by atoms with E-state index < -0.39 is 0 Å². The van der Waals surface area contributed by atoms with Crippen LogP contribution < -0.4 is 10.1 Å². The molecule has 0 bridgehead atoms. The van der Waals surface area contributed by atoms with E-state index in [0.29, 0.717) is 0 Å². The van der Waals surface area contributed by atoms with E-state index in [4.69, 9.17) is 4.74 Å². The molecule has 0 heterocycles. The SMILES string of the molecule is CCC(C)Oc1c(C)cc(Br)cc1CNC. The zero-order valence-electron chi connectivity index (χ0n) is 10.4. The number of nitrogens with one attached hydrogen (secondary N) is 1. The number of hydrogen-bond acceptors (Lipinski definition) is 2. The molecule has 0 radical (unpaired) electrons. The van der Waals surface area contributed by atoms with E-state index in [2.05, 4.69) is 54.2 Å². The Labute approximate surface area is 107 Å². The van der Waals surface area contributed by atoms with Crippen molar-refractivity contribution in [2.45, 2.75) is 39.8 Å². The van der Waals surface area contributed by atoms with Crippen LogP contribution in [0.1, 0.15) is 31.4 Å². The van der Waals surface area contributed by atoms with Gasteiger partial charge in [-0.1, -0.05) is 22.9 Å². The van der Waals surface area contributed by atoms with Gasteiger partial charge >= 0.3 is 0 Å². The van der Waals surface area contributed by atoms with Crippen molar-refractivity contribution in [1.82, 2.24) is 5.32 Å². The summed E-state index contributed by atoms with van der Waals surface area (Å²) >= 11 is 3.52. The van der Waals surface area contributed by atoms with Gasteiger partial charge in [0, 0.05) is 16.6 Å². The third-order valence-corrected chi connectivity index (χ3v) is 3.04. The summed E-state index contributed by atoms with van der Waals surface area (Å²) in [4.78, 5) is 0. The summed E-state index contributed by atoms with van der Waals surface area (Å²) < 4.78 is 7.08. The van der Waals surface area contributed by atoms with Crippen LogP contribution in [0.4, 0.5) is 0 Å². The van der Waals surface area contributed by atoms with Crippen LogP contribution in [0.3, 0.4) is 0 Å². The molecule has 0 aliphatic rings. The fourth-order valence-corrected chi connectivity index (χ4v) is 2.19. The molecule has 1 aromatic carbocycles. The fraction of sp³-hybridized carbons (Fsp3) is 0.538. The second kappa shape index (κ2) is 6.26. The van der Waals surface area contributed by atoms with E-state index in [1.807, 2.05) is 7.05 Å². The first-order valence-electron chi connectivity index (χ1n) is 5.68. The Bertz CT molecular complexity index is 352. The Balaban J connectivity index is 3.03. The molecule has 3 heteroatoms. The monoisotopic (exact) mass is 285 g/mol. The molecule has 1 rings (SSSR count). The fourth-order valence-electron chi connectivity index (χ4n) is 1.57. The minimum Gasteiger partial charge on any atom is -0.490 e. The second-order valence-electron chi connectivity index (χ2n) is 4.08. The Morgan fingerprint density at radius 1 is 1.44 bits per heavy atom. The molecule has 1 atom stereocenters. The summed E-state index contributed by atoms with van der Waals surface area (Å²) in [5.41, 5.74) is 2.38. The molecule has 1 unspecified atom stereocenters. The maximum atomic E-state index is 5.97. The Morgan fingerprint density at radius 3 is 2.69 bits per heavy atom. The summed E-state index contributed by atoms with van der Waals surface area (Å²) in [6, 6.07) is 4.21. The van der Waals surface area contributed by atoms with Crippen molar-refractivity contribution in [2.24, 2.45) is 0 Å². The molecule has 0 saturated carbocycles. The number of ether oxygens (including phenoxy) is 1. The van der Waals surface area contributed by atoms with Crippen LogP contribution in [0.2, 0.25) is 0 Å². The highest BCUT2D eigenvalue weighted by Gasteiger charge is 2.11. The van der Waals surface area contributed by atoms with Crippen LogP contribution in [-0.4, -0.2) is 13.2 Å². The van der Waals surface area contributed by atoms with Crippen molar-refractivity contribution in [2.75, 3.05) is 7.05 Å². The third kappa shape index (κ3) is 3.49. The molecule has 1 aromatic rings. The lowest BCUT2D eigenvalue weighted by molar-refractivity contribution is 0.213. The van der Waals surface area contributed by atoms with Gasteiger partial charge in [-0.2, -0.15) is 0 Å². The van der Waals surface area contributed by atoms with Gasteiger partial charge in [-0.25, -0.2) is 0 Å². The molecule has 0 spiro atoms. The van der Waals surface area contributed by atoms with Gasteiger partial charge < -0.3 is 10.1 Å². The van der Waals surface area contributed by atoms with Crippen molar-refractivity contribution in [3.05, 3.63) is 27.7 Å². The van der Waals surface area contributed by atoms with Gasteiger partial charge in [0.15, 0.2) is 0 Å².